The lowest BCUT2D eigenvalue weighted by atomic mass is 10.1. The minimum atomic E-state index is -0.609. The van der Waals surface area contributed by atoms with Gasteiger partial charge in [-0.15, -0.1) is 0 Å². The lowest BCUT2D eigenvalue weighted by molar-refractivity contribution is -0.140. The Morgan fingerprint density at radius 3 is 2.28 bits per heavy atom. The lowest BCUT2D eigenvalue weighted by Gasteiger charge is -2.29. The summed E-state index contributed by atoms with van der Waals surface area (Å²) >= 11 is 0. The molecule has 0 aliphatic rings. The van der Waals surface area contributed by atoms with E-state index in [0.717, 1.165) is 22.4 Å². The number of ether oxygens (including phenoxy) is 1. The molecule has 0 radical (unpaired) electrons. The van der Waals surface area contributed by atoms with E-state index in [-0.39, 0.29) is 11.8 Å². The number of pyridine rings is 1. The van der Waals surface area contributed by atoms with Crippen molar-refractivity contribution < 1.29 is 14.3 Å². The van der Waals surface area contributed by atoms with Gasteiger partial charge >= 0.3 is 0 Å². The molecule has 0 aliphatic heterocycles. The van der Waals surface area contributed by atoms with Gasteiger partial charge in [-0.2, -0.15) is 0 Å². The zero-order chi connectivity index (χ0) is 22.8. The molecular weight excluding hydrogens is 402 g/mol. The van der Waals surface area contributed by atoms with Crippen molar-refractivity contribution in [3.8, 4) is 5.75 Å². The average molecular weight is 432 g/mol. The van der Waals surface area contributed by atoms with Crippen LogP contribution < -0.4 is 10.1 Å². The maximum absolute atomic E-state index is 13.2. The highest BCUT2D eigenvalue weighted by Gasteiger charge is 2.25. The Morgan fingerprint density at radius 2 is 1.62 bits per heavy atom. The van der Waals surface area contributed by atoms with E-state index in [4.69, 9.17) is 4.74 Å². The Kier molecular flexibility index (Phi) is 8.37. The van der Waals surface area contributed by atoms with Crippen molar-refractivity contribution in [3.05, 3.63) is 95.8 Å². The normalized spacial score (nSPS) is 11.4. The quantitative estimate of drug-likeness (QED) is 0.531. The topological polar surface area (TPSA) is 71.5 Å². The summed E-state index contributed by atoms with van der Waals surface area (Å²) in [7, 11) is 1.61. The van der Waals surface area contributed by atoms with Crippen LogP contribution in [0.25, 0.3) is 0 Å². The fourth-order valence-corrected chi connectivity index (χ4v) is 3.39. The van der Waals surface area contributed by atoms with Gasteiger partial charge in [-0.25, -0.2) is 0 Å². The Labute approximate surface area is 189 Å². The molecular formula is C26H29N3O3. The third-order valence-electron chi connectivity index (χ3n) is 5.37. The maximum Gasteiger partial charge on any atom is 0.242 e. The van der Waals surface area contributed by atoms with Crippen molar-refractivity contribution in [2.75, 3.05) is 7.11 Å². The zero-order valence-electron chi connectivity index (χ0n) is 18.5. The van der Waals surface area contributed by atoms with Crippen LogP contribution in [0.15, 0.2) is 79.1 Å². The molecule has 0 spiro atoms. The molecule has 1 N–H and O–H groups in total. The molecule has 2 aromatic carbocycles. The number of carbonyl (C=O) groups is 2. The number of rotatable bonds is 10. The van der Waals surface area contributed by atoms with Gasteiger partial charge in [0.25, 0.3) is 0 Å². The number of benzene rings is 2. The van der Waals surface area contributed by atoms with E-state index >= 15 is 0 Å². The van der Waals surface area contributed by atoms with Crippen molar-refractivity contribution in [1.82, 2.24) is 15.2 Å². The van der Waals surface area contributed by atoms with E-state index in [1.807, 2.05) is 66.7 Å². The minimum Gasteiger partial charge on any atom is -0.497 e. The Hall–Kier alpha value is -3.67. The lowest BCUT2D eigenvalue weighted by Crippen LogP contribution is -2.47. The van der Waals surface area contributed by atoms with Gasteiger partial charge in [0.1, 0.15) is 11.8 Å². The highest BCUT2D eigenvalue weighted by molar-refractivity contribution is 5.87. The minimum absolute atomic E-state index is 0.0590. The first-order chi connectivity index (χ1) is 15.6. The van der Waals surface area contributed by atoms with E-state index in [1.165, 1.54) is 0 Å². The number of aryl methyl sites for hydroxylation is 1. The molecule has 1 atom stereocenters. The van der Waals surface area contributed by atoms with Gasteiger partial charge in [-0.1, -0.05) is 42.5 Å². The standard InChI is InChI=1S/C26H29N3O3/c1-20(26(31)28-18-22-14-16-27-17-15-22)29(19-23-8-11-24(32-2)12-9-23)25(30)13-10-21-6-4-3-5-7-21/h3-9,11-12,14-17,20H,10,13,18-19H2,1-2H3,(H,28,31)/t20-/m0/s1. The fourth-order valence-electron chi connectivity index (χ4n) is 3.39. The third kappa shape index (κ3) is 6.67. The number of methoxy groups -OCH3 is 1. The molecule has 2 amide bonds. The number of aromatic nitrogens is 1. The summed E-state index contributed by atoms with van der Waals surface area (Å²) in [5, 5.41) is 2.93. The van der Waals surface area contributed by atoms with Gasteiger partial charge < -0.3 is 15.0 Å². The summed E-state index contributed by atoms with van der Waals surface area (Å²) < 4.78 is 5.22. The SMILES string of the molecule is COc1ccc(CN(C(=O)CCc2ccccc2)[C@@H](C)C(=O)NCc2ccncc2)cc1. The summed E-state index contributed by atoms with van der Waals surface area (Å²) in [5.41, 5.74) is 2.99. The highest BCUT2D eigenvalue weighted by atomic mass is 16.5. The molecule has 0 unspecified atom stereocenters. The molecule has 1 aromatic heterocycles. The summed E-state index contributed by atoms with van der Waals surface area (Å²) in [4.78, 5) is 31.7. The molecule has 0 saturated carbocycles. The van der Waals surface area contributed by atoms with Crippen LogP contribution in [0.2, 0.25) is 0 Å². The van der Waals surface area contributed by atoms with E-state index in [1.54, 1.807) is 31.3 Å². The van der Waals surface area contributed by atoms with Gasteiger partial charge in [0.2, 0.25) is 11.8 Å². The van der Waals surface area contributed by atoms with Gasteiger partial charge in [-0.05, 0) is 54.3 Å². The van der Waals surface area contributed by atoms with E-state index in [2.05, 4.69) is 10.3 Å². The first-order valence-electron chi connectivity index (χ1n) is 10.7. The summed E-state index contributed by atoms with van der Waals surface area (Å²) in [5.74, 6) is 0.499. The van der Waals surface area contributed by atoms with E-state index in [9.17, 15) is 9.59 Å². The number of carbonyl (C=O) groups excluding carboxylic acids is 2. The molecule has 0 saturated heterocycles. The Morgan fingerprint density at radius 1 is 0.938 bits per heavy atom. The van der Waals surface area contributed by atoms with Crippen LogP contribution in [0.1, 0.15) is 30.0 Å². The Bertz CT molecular complexity index is 992. The molecule has 0 aliphatic carbocycles. The molecule has 32 heavy (non-hydrogen) atoms. The summed E-state index contributed by atoms with van der Waals surface area (Å²) in [6, 6.07) is 20.5. The van der Waals surface area contributed by atoms with Gasteiger partial charge in [-0.3, -0.25) is 14.6 Å². The number of hydrogen-bond donors (Lipinski definition) is 1. The zero-order valence-corrected chi connectivity index (χ0v) is 18.5. The van der Waals surface area contributed by atoms with Crippen LogP contribution in [-0.2, 0) is 29.1 Å². The van der Waals surface area contributed by atoms with Gasteiger partial charge in [0.05, 0.1) is 7.11 Å². The average Bonchev–Trinajstić information content (AvgIpc) is 2.85. The van der Waals surface area contributed by atoms with E-state index < -0.39 is 6.04 Å². The third-order valence-corrected chi connectivity index (χ3v) is 5.37. The molecule has 3 rings (SSSR count). The predicted octanol–water partition coefficient (Wildman–Crippen LogP) is 3.76. The van der Waals surface area contributed by atoms with E-state index in [0.29, 0.717) is 25.9 Å². The molecule has 3 aromatic rings. The van der Waals surface area contributed by atoms with Crippen molar-refractivity contribution in [1.29, 1.82) is 0 Å². The second-order valence-corrected chi connectivity index (χ2v) is 7.60. The molecule has 6 nitrogen and oxygen atoms in total. The number of nitrogens with zero attached hydrogens (tertiary/aromatic N) is 2. The van der Waals surface area contributed by atoms with Crippen LogP contribution in [0, 0.1) is 0 Å². The highest BCUT2D eigenvalue weighted by Crippen LogP contribution is 2.16. The summed E-state index contributed by atoms with van der Waals surface area (Å²) in [6.45, 7) is 2.51. The predicted molar refractivity (Wildman–Crippen MR) is 124 cm³/mol. The van der Waals surface area contributed by atoms with Crippen LogP contribution >= 0.6 is 0 Å². The van der Waals surface area contributed by atoms with Crippen molar-refractivity contribution >= 4 is 11.8 Å². The fraction of sp³-hybridized carbons (Fsp3) is 0.269. The molecule has 1 heterocycles. The molecule has 166 valence electrons. The second-order valence-electron chi connectivity index (χ2n) is 7.60. The molecule has 6 heteroatoms. The van der Waals surface area contributed by atoms with Crippen molar-refractivity contribution in [2.45, 2.75) is 38.9 Å². The molecule has 0 bridgehead atoms. The Balaban J connectivity index is 1.69. The number of nitrogens with one attached hydrogen (secondary N) is 1. The first kappa shape index (κ1) is 23.0. The first-order valence-corrected chi connectivity index (χ1v) is 10.7. The van der Waals surface area contributed by atoms with Crippen LogP contribution in [0.3, 0.4) is 0 Å². The van der Waals surface area contributed by atoms with Crippen LogP contribution in [0.5, 0.6) is 5.75 Å². The number of hydrogen-bond acceptors (Lipinski definition) is 4. The molecule has 0 fully saturated rings. The second kappa shape index (κ2) is 11.6. The maximum atomic E-state index is 13.2. The summed E-state index contributed by atoms with van der Waals surface area (Å²) in [6.07, 6.45) is 4.34. The van der Waals surface area contributed by atoms with Crippen molar-refractivity contribution in [2.24, 2.45) is 0 Å². The van der Waals surface area contributed by atoms with Crippen LogP contribution in [-0.4, -0.2) is 34.8 Å². The van der Waals surface area contributed by atoms with Crippen LogP contribution in [0.4, 0.5) is 0 Å². The van der Waals surface area contributed by atoms with Gasteiger partial charge in [0, 0.05) is 31.9 Å². The number of amides is 2. The van der Waals surface area contributed by atoms with Crippen molar-refractivity contribution in [3.63, 3.8) is 0 Å². The van der Waals surface area contributed by atoms with Gasteiger partial charge in [0.15, 0.2) is 0 Å². The largest absolute Gasteiger partial charge is 0.497 e. The smallest absolute Gasteiger partial charge is 0.242 e. The monoisotopic (exact) mass is 431 g/mol.